The average Bonchev–Trinajstić information content (AvgIpc) is 2.48. The Morgan fingerprint density at radius 2 is 1.64 bits per heavy atom. The molecule has 0 atom stereocenters. The molecule has 116 valence electrons. The van der Waals surface area contributed by atoms with Crippen molar-refractivity contribution in [1.29, 1.82) is 0 Å². The number of carbonyl (C=O) groups excluding carboxylic acids is 1. The first kappa shape index (κ1) is 16.1. The molecule has 0 saturated carbocycles. The number of hydrogen-bond acceptors (Lipinski definition) is 3. The van der Waals surface area contributed by atoms with Crippen LogP contribution in [0.1, 0.15) is 42.3 Å². The molecule has 0 aromatic heterocycles. The van der Waals surface area contributed by atoms with Crippen LogP contribution in [-0.4, -0.2) is 13.1 Å². The van der Waals surface area contributed by atoms with Crippen LogP contribution in [0.3, 0.4) is 0 Å². The maximum atomic E-state index is 11.5. The van der Waals surface area contributed by atoms with E-state index in [0.717, 1.165) is 17.1 Å². The van der Waals surface area contributed by atoms with E-state index in [4.69, 9.17) is 9.47 Å². The second kappa shape index (κ2) is 6.22. The lowest BCUT2D eigenvalue weighted by Crippen LogP contribution is -2.10. The Kier molecular flexibility index (Phi) is 4.55. The number of hydrogen-bond donors (Lipinski definition) is 0. The van der Waals surface area contributed by atoms with E-state index in [1.165, 1.54) is 12.7 Å². The Morgan fingerprint density at radius 3 is 2.14 bits per heavy atom. The van der Waals surface area contributed by atoms with Crippen LogP contribution >= 0.6 is 0 Å². The van der Waals surface area contributed by atoms with Gasteiger partial charge in [-0.25, -0.2) is 4.79 Å². The summed E-state index contributed by atoms with van der Waals surface area (Å²) < 4.78 is 10.6. The van der Waals surface area contributed by atoms with Crippen LogP contribution in [-0.2, 0) is 10.2 Å². The predicted molar refractivity (Wildman–Crippen MR) is 87.7 cm³/mol. The molecule has 3 nitrogen and oxygen atoms in total. The smallest absolute Gasteiger partial charge is 0.337 e. The highest BCUT2D eigenvalue weighted by molar-refractivity contribution is 5.89. The quantitative estimate of drug-likeness (QED) is 0.758. The molecule has 0 fully saturated rings. The van der Waals surface area contributed by atoms with Gasteiger partial charge in [-0.2, -0.15) is 0 Å². The van der Waals surface area contributed by atoms with Gasteiger partial charge in [-0.15, -0.1) is 0 Å². The minimum atomic E-state index is -0.343. The fourth-order valence-corrected chi connectivity index (χ4v) is 2.16. The lowest BCUT2D eigenvalue weighted by atomic mass is 9.87. The van der Waals surface area contributed by atoms with E-state index in [9.17, 15) is 4.79 Å². The molecule has 2 rings (SSSR count). The zero-order valence-electron chi connectivity index (χ0n) is 13.8. The van der Waals surface area contributed by atoms with Gasteiger partial charge in [-0.05, 0) is 53.8 Å². The number of methoxy groups -OCH3 is 1. The molecule has 0 heterocycles. The molecular weight excluding hydrogens is 276 g/mol. The van der Waals surface area contributed by atoms with Gasteiger partial charge in [0, 0.05) is 0 Å². The van der Waals surface area contributed by atoms with E-state index in [1.54, 1.807) is 18.2 Å². The second-order valence-electron chi connectivity index (χ2n) is 6.35. The van der Waals surface area contributed by atoms with Gasteiger partial charge in [0.2, 0.25) is 0 Å². The summed E-state index contributed by atoms with van der Waals surface area (Å²) in [5.41, 5.74) is 2.80. The summed E-state index contributed by atoms with van der Waals surface area (Å²) in [6.45, 7) is 8.45. The third-order valence-electron chi connectivity index (χ3n) is 3.54. The maximum absolute atomic E-state index is 11.5. The third-order valence-corrected chi connectivity index (χ3v) is 3.54. The average molecular weight is 298 g/mol. The Labute approximate surface area is 131 Å². The molecule has 0 N–H and O–H groups in total. The fraction of sp³-hybridized carbons (Fsp3) is 0.316. The van der Waals surface area contributed by atoms with Gasteiger partial charge in [0.05, 0.1) is 12.7 Å². The van der Waals surface area contributed by atoms with E-state index >= 15 is 0 Å². The summed E-state index contributed by atoms with van der Waals surface area (Å²) in [6, 6.07) is 13.4. The van der Waals surface area contributed by atoms with Gasteiger partial charge in [-0.1, -0.05) is 32.9 Å². The minimum Gasteiger partial charge on any atom is -0.465 e. The Balaban J connectivity index is 2.19. The molecule has 0 amide bonds. The van der Waals surface area contributed by atoms with Crippen molar-refractivity contribution in [1.82, 2.24) is 0 Å². The molecule has 22 heavy (non-hydrogen) atoms. The molecule has 0 spiro atoms. The number of carbonyl (C=O) groups is 1. The highest BCUT2D eigenvalue weighted by atomic mass is 16.5. The highest BCUT2D eigenvalue weighted by Gasteiger charge is 2.13. The van der Waals surface area contributed by atoms with E-state index in [-0.39, 0.29) is 11.4 Å². The lowest BCUT2D eigenvalue weighted by molar-refractivity contribution is 0.0600. The van der Waals surface area contributed by atoms with Crippen LogP contribution < -0.4 is 4.74 Å². The summed E-state index contributed by atoms with van der Waals surface area (Å²) in [5.74, 6) is 1.17. The van der Waals surface area contributed by atoms with Gasteiger partial charge in [-0.3, -0.25) is 0 Å². The summed E-state index contributed by atoms with van der Waals surface area (Å²) in [4.78, 5) is 11.5. The zero-order valence-corrected chi connectivity index (χ0v) is 13.8. The van der Waals surface area contributed by atoms with Crippen molar-refractivity contribution in [2.75, 3.05) is 7.11 Å². The van der Waals surface area contributed by atoms with Crippen LogP contribution in [0.4, 0.5) is 0 Å². The van der Waals surface area contributed by atoms with Crippen molar-refractivity contribution in [3.63, 3.8) is 0 Å². The van der Waals surface area contributed by atoms with Crippen molar-refractivity contribution in [3.8, 4) is 11.5 Å². The molecule has 2 aromatic rings. The number of benzene rings is 2. The van der Waals surface area contributed by atoms with Gasteiger partial charge in [0.1, 0.15) is 11.5 Å². The van der Waals surface area contributed by atoms with Crippen molar-refractivity contribution in [2.45, 2.75) is 33.1 Å². The molecule has 0 bridgehead atoms. The van der Waals surface area contributed by atoms with E-state index in [0.29, 0.717) is 5.56 Å². The van der Waals surface area contributed by atoms with E-state index in [1.807, 2.05) is 19.1 Å². The normalized spacial score (nSPS) is 11.1. The summed E-state index contributed by atoms with van der Waals surface area (Å²) in [5, 5.41) is 0. The van der Waals surface area contributed by atoms with Crippen LogP contribution in [0.25, 0.3) is 0 Å². The van der Waals surface area contributed by atoms with Crippen molar-refractivity contribution < 1.29 is 14.3 Å². The van der Waals surface area contributed by atoms with Gasteiger partial charge in [0.15, 0.2) is 0 Å². The second-order valence-corrected chi connectivity index (χ2v) is 6.35. The Bertz CT molecular complexity index is 664. The van der Waals surface area contributed by atoms with Crippen molar-refractivity contribution in [2.24, 2.45) is 0 Å². The number of ether oxygens (including phenoxy) is 2. The SMILES string of the molecule is COC(=O)c1ccc(Oc2ccc(C(C)(C)C)cc2)c(C)c1. The molecule has 0 radical (unpaired) electrons. The molecule has 0 saturated heterocycles. The first-order chi connectivity index (χ1) is 10.3. The Morgan fingerprint density at radius 1 is 1.00 bits per heavy atom. The molecular formula is C19H22O3. The van der Waals surface area contributed by atoms with E-state index in [2.05, 4.69) is 32.9 Å². The predicted octanol–water partition coefficient (Wildman–Crippen LogP) is 4.87. The van der Waals surface area contributed by atoms with Crippen molar-refractivity contribution in [3.05, 3.63) is 59.2 Å². The van der Waals surface area contributed by atoms with Crippen molar-refractivity contribution >= 4 is 5.97 Å². The minimum absolute atomic E-state index is 0.122. The largest absolute Gasteiger partial charge is 0.465 e. The zero-order chi connectivity index (χ0) is 16.3. The molecule has 2 aromatic carbocycles. The lowest BCUT2D eigenvalue weighted by Gasteiger charge is -2.19. The first-order valence-electron chi connectivity index (χ1n) is 7.28. The molecule has 0 aliphatic rings. The van der Waals surface area contributed by atoms with Crippen LogP contribution in [0.2, 0.25) is 0 Å². The Hall–Kier alpha value is -2.29. The molecule has 0 aliphatic heterocycles. The molecule has 0 unspecified atom stereocenters. The monoisotopic (exact) mass is 298 g/mol. The first-order valence-corrected chi connectivity index (χ1v) is 7.28. The van der Waals surface area contributed by atoms with Crippen LogP contribution in [0.5, 0.6) is 11.5 Å². The number of aryl methyl sites for hydroxylation is 1. The molecule has 3 heteroatoms. The van der Waals surface area contributed by atoms with Crippen LogP contribution in [0.15, 0.2) is 42.5 Å². The number of rotatable bonds is 3. The summed E-state index contributed by atoms with van der Waals surface area (Å²) in [6.07, 6.45) is 0. The maximum Gasteiger partial charge on any atom is 0.337 e. The fourth-order valence-electron chi connectivity index (χ4n) is 2.16. The van der Waals surface area contributed by atoms with Gasteiger partial charge in [0.25, 0.3) is 0 Å². The van der Waals surface area contributed by atoms with Gasteiger partial charge < -0.3 is 9.47 Å². The topological polar surface area (TPSA) is 35.5 Å². The van der Waals surface area contributed by atoms with Crippen LogP contribution in [0, 0.1) is 6.92 Å². The standard InChI is InChI=1S/C19H22O3/c1-13-12-14(18(20)21-5)6-11-17(13)22-16-9-7-15(8-10-16)19(2,3)4/h6-12H,1-5H3. The molecule has 0 aliphatic carbocycles. The highest BCUT2D eigenvalue weighted by Crippen LogP contribution is 2.29. The summed E-state index contributed by atoms with van der Waals surface area (Å²) in [7, 11) is 1.37. The summed E-state index contributed by atoms with van der Waals surface area (Å²) >= 11 is 0. The van der Waals surface area contributed by atoms with E-state index < -0.39 is 0 Å². The van der Waals surface area contributed by atoms with Gasteiger partial charge >= 0.3 is 5.97 Å². The third kappa shape index (κ3) is 3.67. The number of esters is 1.